The van der Waals surface area contributed by atoms with E-state index in [1.54, 1.807) is 30.0 Å². The van der Waals surface area contributed by atoms with Crippen LogP contribution in [0.1, 0.15) is 45.5 Å². The van der Waals surface area contributed by atoms with Gasteiger partial charge in [0.25, 0.3) is 11.6 Å². The smallest absolute Gasteiger partial charge is 0.273 e. The zero-order chi connectivity index (χ0) is 23.0. The summed E-state index contributed by atoms with van der Waals surface area (Å²) in [6.07, 6.45) is 1.13. The molecule has 2 aromatic carbocycles. The third-order valence-electron chi connectivity index (χ3n) is 6.28. The average molecular weight is 440 g/mol. The van der Waals surface area contributed by atoms with E-state index in [1.807, 2.05) is 0 Å². The Morgan fingerprint density at radius 3 is 2.53 bits per heavy atom. The number of likely N-dealkylation sites (tertiary alicyclic amines) is 1. The number of methoxy groups -OCH3 is 2. The molecule has 9 heteroatoms. The van der Waals surface area contributed by atoms with Crippen LogP contribution in [-0.2, 0) is 0 Å². The van der Waals surface area contributed by atoms with E-state index in [-0.39, 0.29) is 23.8 Å². The van der Waals surface area contributed by atoms with Gasteiger partial charge in [0.05, 0.1) is 25.6 Å². The van der Waals surface area contributed by atoms with Crippen molar-refractivity contribution in [1.82, 2.24) is 4.90 Å². The van der Waals surface area contributed by atoms with Crippen LogP contribution in [0.15, 0.2) is 30.3 Å². The molecule has 1 fully saturated rings. The average Bonchev–Trinajstić information content (AvgIpc) is 2.78. The monoisotopic (exact) mass is 440 g/mol. The van der Waals surface area contributed by atoms with Gasteiger partial charge in [0, 0.05) is 55.3 Å². The molecule has 0 atom stereocenters. The molecule has 9 nitrogen and oxygen atoms in total. The molecule has 0 radical (unpaired) electrons. The number of nitro groups is 1. The molecule has 0 aliphatic carbocycles. The molecule has 1 amide bonds. The maximum Gasteiger partial charge on any atom is 0.273 e. The molecule has 2 aromatic rings. The molecule has 4 rings (SSSR count). The van der Waals surface area contributed by atoms with E-state index in [4.69, 9.17) is 14.2 Å². The first-order valence-corrected chi connectivity index (χ1v) is 10.3. The lowest BCUT2D eigenvalue weighted by Crippen LogP contribution is -2.52. The van der Waals surface area contributed by atoms with Crippen molar-refractivity contribution in [1.29, 1.82) is 0 Å². The Morgan fingerprint density at radius 2 is 1.91 bits per heavy atom. The minimum atomic E-state index is -0.712. The highest BCUT2D eigenvalue weighted by Gasteiger charge is 2.45. The van der Waals surface area contributed by atoms with Crippen molar-refractivity contribution in [2.24, 2.45) is 0 Å². The first kappa shape index (κ1) is 21.6. The maximum absolute atomic E-state index is 13.1. The van der Waals surface area contributed by atoms with E-state index in [2.05, 4.69) is 0 Å². The van der Waals surface area contributed by atoms with Crippen molar-refractivity contribution in [3.8, 4) is 17.2 Å². The summed E-state index contributed by atoms with van der Waals surface area (Å²) >= 11 is 0. The lowest BCUT2D eigenvalue weighted by atomic mass is 9.82. The van der Waals surface area contributed by atoms with Crippen LogP contribution in [0.3, 0.4) is 0 Å². The molecule has 0 aromatic heterocycles. The molecule has 1 saturated heterocycles. The van der Waals surface area contributed by atoms with Gasteiger partial charge in [-0.2, -0.15) is 0 Å². The lowest BCUT2D eigenvalue weighted by molar-refractivity contribution is -0.385. The van der Waals surface area contributed by atoms with Crippen molar-refractivity contribution in [3.63, 3.8) is 0 Å². The molecule has 2 aliphatic rings. The summed E-state index contributed by atoms with van der Waals surface area (Å²) in [7, 11) is 3.02. The number of rotatable bonds is 4. The first-order valence-electron chi connectivity index (χ1n) is 10.3. The predicted octanol–water partition coefficient (Wildman–Crippen LogP) is 3.56. The summed E-state index contributed by atoms with van der Waals surface area (Å²) in [5.74, 6) is 1.03. The van der Waals surface area contributed by atoms with Crippen LogP contribution in [0.25, 0.3) is 0 Å². The van der Waals surface area contributed by atoms with Crippen molar-refractivity contribution in [2.45, 2.75) is 31.8 Å². The summed E-state index contributed by atoms with van der Waals surface area (Å²) in [4.78, 5) is 38.4. The van der Waals surface area contributed by atoms with Gasteiger partial charge < -0.3 is 19.1 Å². The van der Waals surface area contributed by atoms with Crippen LogP contribution in [0.5, 0.6) is 17.2 Å². The quantitative estimate of drug-likeness (QED) is 0.528. The highest BCUT2D eigenvalue weighted by atomic mass is 16.6. The third-order valence-corrected chi connectivity index (χ3v) is 6.28. The number of fused-ring (bicyclic) bond motifs is 1. The highest BCUT2D eigenvalue weighted by molar-refractivity contribution is 6.03. The molecule has 1 spiro atoms. The highest BCUT2D eigenvalue weighted by Crippen LogP contribution is 2.45. The molecule has 2 heterocycles. The summed E-state index contributed by atoms with van der Waals surface area (Å²) in [6.45, 7) is 2.34. The van der Waals surface area contributed by atoms with Gasteiger partial charge >= 0.3 is 0 Å². The molecular formula is C23H24N2O7. The number of hydrogen-bond donors (Lipinski definition) is 0. The number of ether oxygens (including phenoxy) is 3. The SMILES string of the molecule is COc1cc(OC)c2c(c1)OC1(CCN(C(=O)c3cccc([N+](=O)[O-])c3C)CC1)CC2=O. The number of carbonyl (C=O) groups excluding carboxylic acids is 2. The molecule has 2 aliphatic heterocycles. The van der Waals surface area contributed by atoms with Crippen molar-refractivity contribution >= 4 is 17.4 Å². The Bertz CT molecular complexity index is 1100. The minimum Gasteiger partial charge on any atom is -0.496 e. The molecule has 0 unspecified atom stereocenters. The summed E-state index contributed by atoms with van der Waals surface area (Å²) in [6, 6.07) is 7.84. The zero-order valence-corrected chi connectivity index (χ0v) is 18.2. The standard InChI is InChI=1S/C23H24N2O7/c1-14-16(5-4-6-17(14)25(28)29)22(27)24-9-7-23(8-10-24)13-18(26)21-19(31-3)11-15(30-2)12-20(21)32-23/h4-6,11-12H,7-10,13H2,1-3H3. The van der Waals surface area contributed by atoms with Gasteiger partial charge in [-0.25, -0.2) is 0 Å². The van der Waals surface area contributed by atoms with Crippen LogP contribution in [-0.4, -0.2) is 54.4 Å². The molecule has 168 valence electrons. The van der Waals surface area contributed by atoms with E-state index < -0.39 is 10.5 Å². The second-order valence-electron chi connectivity index (χ2n) is 8.09. The van der Waals surface area contributed by atoms with E-state index in [0.29, 0.717) is 59.9 Å². The number of carbonyl (C=O) groups is 2. The van der Waals surface area contributed by atoms with E-state index in [9.17, 15) is 19.7 Å². The summed E-state index contributed by atoms with van der Waals surface area (Å²) in [5, 5.41) is 11.2. The van der Waals surface area contributed by atoms with E-state index >= 15 is 0 Å². The fourth-order valence-corrected chi connectivity index (χ4v) is 4.47. The minimum absolute atomic E-state index is 0.0694. The Balaban J connectivity index is 1.54. The van der Waals surface area contributed by atoms with Gasteiger partial charge in [-0.3, -0.25) is 19.7 Å². The van der Waals surface area contributed by atoms with Gasteiger partial charge in [0.1, 0.15) is 28.4 Å². The van der Waals surface area contributed by atoms with Crippen LogP contribution in [0.4, 0.5) is 5.69 Å². The fraction of sp³-hybridized carbons (Fsp3) is 0.391. The number of nitro benzene ring substituents is 1. The third kappa shape index (κ3) is 3.63. The van der Waals surface area contributed by atoms with Gasteiger partial charge in [0.2, 0.25) is 0 Å². The van der Waals surface area contributed by atoms with Crippen LogP contribution in [0.2, 0.25) is 0 Å². The fourth-order valence-electron chi connectivity index (χ4n) is 4.47. The summed E-state index contributed by atoms with van der Waals surface area (Å²) < 4.78 is 17.0. The van der Waals surface area contributed by atoms with Gasteiger partial charge in [-0.05, 0) is 13.0 Å². The van der Waals surface area contributed by atoms with E-state index in [1.165, 1.54) is 26.4 Å². The number of hydrogen-bond acceptors (Lipinski definition) is 7. The molecule has 0 saturated carbocycles. The van der Waals surface area contributed by atoms with Crippen molar-refractivity contribution < 1.29 is 28.7 Å². The van der Waals surface area contributed by atoms with Gasteiger partial charge in [0.15, 0.2) is 5.78 Å². The Morgan fingerprint density at radius 1 is 1.19 bits per heavy atom. The second kappa shape index (κ2) is 8.14. The number of benzene rings is 2. The number of nitrogens with zero attached hydrogens (tertiary/aromatic N) is 2. The number of ketones is 1. The van der Waals surface area contributed by atoms with Crippen molar-refractivity contribution in [2.75, 3.05) is 27.3 Å². The number of piperidine rings is 1. The van der Waals surface area contributed by atoms with Crippen LogP contribution < -0.4 is 14.2 Å². The number of Topliss-reactive ketones (excluding diaryl/α,β-unsaturated/α-hetero) is 1. The first-order chi connectivity index (χ1) is 15.3. The van der Waals surface area contributed by atoms with Gasteiger partial charge in [-0.15, -0.1) is 0 Å². The van der Waals surface area contributed by atoms with Crippen molar-refractivity contribution in [3.05, 3.63) is 57.1 Å². The molecule has 32 heavy (non-hydrogen) atoms. The van der Waals surface area contributed by atoms with Gasteiger partial charge in [-0.1, -0.05) is 6.07 Å². The van der Waals surface area contributed by atoms with E-state index in [0.717, 1.165) is 0 Å². The largest absolute Gasteiger partial charge is 0.496 e. The molecule has 0 bridgehead atoms. The van der Waals surface area contributed by atoms with Crippen LogP contribution >= 0.6 is 0 Å². The maximum atomic E-state index is 13.1. The Hall–Kier alpha value is -3.62. The molecular weight excluding hydrogens is 416 g/mol. The Kier molecular flexibility index (Phi) is 5.50. The lowest BCUT2D eigenvalue weighted by Gasteiger charge is -2.44. The summed E-state index contributed by atoms with van der Waals surface area (Å²) in [5.41, 5.74) is 0.279. The molecule has 0 N–H and O–H groups in total. The van der Waals surface area contributed by atoms with Crippen LogP contribution in [0, 0.1) is 17.0 Å². The second-order valence-corrected chi connectivity index (χ2v) is 8.09. The predicted molar refractivity (Wildman–Crippen MR) is 115 cm³/mol. The number of amides is 1. The zero-order valence-electron chi connectivity index (χ0n) is 18.2. The topological polar surface area (TPSA) is 108 Å². The normalized spacial score (nSPS) is 16.8. The Labute approximate surface area is 185 Å².